The van der Waals surface area contributed by atoms with Gasteiger partial charge in [-0.3, -0.25) is 9.59 Å². The maximum atomic E-state index is 12.8. The first kappa shape index (κ1) is 22.4. The fourth-order valence-corrected chi connectivity index (χ4v) is 4.31. The van der Waals surface area contributed by atoms with Crippen molar-refractivity contribution >= 4 is 34.2 Å². The molecule has 1 heterocycles. The van der Waals surface area contributed by atoms with Gasteiger partial charge in [-0.1, -0.05) is 0 Å². The molecule has 146 valence electrons. The molecule has 4 N–H and O–H groups in total. The van der Waals surface area contributed by atoms with Crippen molar-refractivity contribution in [3.05, 3.63) is 29.8 Å². The monoisotopic (exact) mass is 404 g/mol. The Morgan fingerprint density at radius 1 is 1.27 bits per heavy atom. The van der Waals surface area contributed by atoms with E-state index in [1.807, 2.05) is 0 Å². The molecule has 0 radical (unpaired) electrons. The lowest BCUT2D eigenvalue weighted by molar-refractivity contribution is -0.126. The van der Waals surface area contributed by atoms with Crippen LogP contribution in [0.2, 0.25) is 0 Å². The summed E-state index contributed by atoms with van der Waals surface area (Å²) in [5.74, 6) is -0.820. The van der Waals surface area contributed by atoms with E-state index < -0.39 is 10.0 Å². The van der Waals surface area contributed by atoms with E-state index in [0.29, 0.717) is 38.0 Å². The number of halogens is 1. The van der Waals surface area contributed by atoms with Gasteiger partial charge in [0.05, 0.1) is 10.8 Å². The molecule has 26 heavy (non-hydrogen) atoms. The Morgan fingerprint density at radius 3 is 2.50 bits per heavy atom. The molecule has 1 fully saturated rings. The van der Waals surface area contributed by atoms with Crippen molar-refractivity contribution in [1.29, 1.82) is 0 Å². The highest BCUT2D eigenvalue weighted by Crippen LogP contribution is 2.24. The zero-order valence-corrected chi connectivity index (χ0v) is 16.2. The number of amides is 2. The molecule has 0 bridgehead atoms. The largest absolute Gasteiger partial charge is 0.355 e. The van der Waals surface area contributed by atoms with E-state index in [2.05, 4.69) is 10.6 Å². The van der Waals surface area contributed by atoms with Gasteiger partial charge in [0.1, 0.15) is 0 Å². The number of hydrogen-bond donors (Lipinski definition) is 3. The first-order valence-corrected chi connectivity index (χ1v) is 9.64. The molecular weight excluding hydrogens is 380 g/mol. The standard InChI is InChI=1S/C16H24N4O4S.ClH/c1-18-15(21)12-4-6-14(7-5-12)25(23,24)20-10-2-3-13(11-20)16(22)19-9-8-17;/h4-7,13H,2-3,8-11,17H2,1H3,(H,18,21)(H,19,22);1H. The zero-order chi connectivity index (χ0) is 18.4. The lowest BCUT2D eigenvalue weighted by Crippen LogP contribution is -2.46. The number of nitrogens with zero attached hydrogens (tertiary/aromatic N) is 1. The Labute approximate surface area is 160 Å². The maximum Gasteiger partial charge on any atom is 0.251 e. The second-order valence-electron chi connectivity index (χ2n) is 5.89. The van der Waals surface area contributed by atoms with Crippen molar-refractivity contribution in [2.75, 3.05) is 33.2 Å². The van der Waals surface area contributed by atoms with Crippen LogP contribution in [0.15, 0.2) is 29.2 Å². The number of carbonyl (C=O) groups is 2. The summed E-state index contributed by atoms with van der Waals surface area (Å²) in [7, 11) is -2.19. The summed E-state index contributed by atoms with van der Waals surface area (Å²) in [4.78, 5) is 23.8. The number of nitrogens with one attached hydrogen (secondary N) is 2. The van der Waals surface area contributed by atoms with Gasteiger partial charge in [0.15, 0.2) is 0 Å². The summed E-state index contributed by atoms with van der Waals surface area (Å²) in [5, 5.41) is 5.20. The van der Waals surface area contributed by atoms with Crippen LogP contribution >= 0.6 is 12.4 Å². The van der Waals surface area contributed by atoms with Crippen LogP contribution in [0.4, 0.5) is 0 Å². The normalized spacial score (nSPS) is 17.8. The van der Waals surface area contributed by atoms with Gasteiger partial charge in [-0.25, -0.2) is 8.42 Å². The first-order chi connectivity index (χ1) is 11.9. The van der Waals surface area contributed by atoms with Gasteiger partial charge >= 0.3 is 0 Å². The van der Waals surface area contributed by atoms with Gasteiger partial charge in [-0.05, 0) is 37.1 Å². The molecule has 2 amide bonds. The second-order valence-corrected chi connectivity index (χ2v) is 7.82. The summed E-state index contributed by atoms with van der Waals surface area (Å²) in [5.41, 5.74) is 5.76. The van der Waals surface area contributed by atoms with Crippen LogP contribution in [-0.4, -0.2) is 57.8 Å². The smallest absolute Gasteiger partial charge is 0.251 e. The predicted octanol–water partition coefficient (Wildman–Crippen LogP) is -0.0564. The molecule has 1 aliphatic rings. The van der Waals surface area contributed by atoms with Gasteiger partial charge < -0.3 is 16.4 Å². The van der Waals surface area contributed by atoms with E-state index in [1.54, 1.807) is 0 Å². The quantitative estimate of drug-likeness (QED) is 0.613. The molecule has 1 aromatic rings. The summed E-state index contributed by atoms with van der Waals surface area (Å²) in [6.07, 6.45) is 1.27. The number of hydrogen-bond acceptors (Lipinski definition) is 5. The highest BCUT2D eigenvalue weighted by Gasteiger charge is 2.33. The van der Waals surface area contributed by atoms with E-state index in [1.165, 1.54) is 35.6 Å². The average molecular weight is 405 g/mol. The highest BCUT2D eigenvalue weighted by atomic mass is 35.5. The Bertz CT molecular complexity index is 724. The summed E-state index contributed by atoms with van der Waals surface area (Å²) < 4.78 is 26.9. The molecule has 8 nitrogen and oxygen atoms in total. The lowest BCUT2D eigenvalue weighted by atomic mass is 9.99. The summed E-state index contributed by atoms with van der Waals surface area (Å²) >= 11 is 0. The fourth-order valence-electron chi connectivity index (χ4n) is 2.79. The molecule has 1 saturated heterocycles. The second kappa shape index (κ2) is 9.86. The van der Waals surface area contributed by atoms with Crippen molar-refractivity contribution in [2.45, 2.75) is 17.7 Å². The Kier molecular flexibility index (Phi) is 8.48. The Morgan fingerprint density at radius 2 is 1.92 bits per heavy atom. The molecule has 2 rings (SSSR count). The van der Waals surface area contributed by atoms with E-state index in [0.717, 1.165) is 0 Å². The molecule has 1 atom stereocenters. The van der Waals surface area contributed by atoms with Gasteiger partial charge in [0.2, 0.25) is 15.9 Å². The molecule has 0 saturated carbocycles. The molecular formula is C16H25ClN4O4S. The number of piperidine rings is 1. The topological polar surface area (TPSA) is 122 Å². The molecule has 0 aromatic heterocycles. The van der Waals surface area contributed by atoms with E-state index in [-0.39, 0.29) is 41.6 Å². The van der Waals surface area contributed by atoms with Crippen LogP contribution in [0.5, 0.6) is 0 Å². The minimum absolute atomic E-state index is 0. The first-order valence-electron chi connectivity index (χ1n) is 8.20. The predicted molar refractivity (Wildman–Crippen MR) is 101 cm³/mol. The van der Waals surface area contributed by atoms with Gasteiger partial charge in [-0.15, -0.1) is 12.4 Å². The SMILES string of the molecule is CNC(=O)c1ccc(S(=O)(=O)N2CCCC(C(=O)NCCN)C2)cc1.Cl. The van der Waals surface area contributed by atoms with Crippen LogP contribution in [0, 0.1) is 5.92 Å². The lowest BCUT2D eigenvalue weighted by Gasteiger charge is -2.31. The Balaban J connectivity index is 0.00000338. The Hall–Kier alpha value is -1.68. The summed E-state index contributed by atoms with van der Waals surface area (Å²) in [6, 6.07) is 5.78. The van der Waals surface area contributed by atoms with Crippen molar-refractivity contribution in [2.24, 2.45) is 11.7 Å². The third-order valence-corrected chi connectivity index (χ3v) is 6.06. The average Bonchev–Trinajstić information content (AvgIpc) is 2.65. The highest BCUT2D eigenvalue weighted by molar-refractivity contribution is 7.89. The molecule has 1 unspecified atom stereocenters. The summed E-state index contributed by atoms with van der Waals surface area (Å²) in [6.45, 7) is 1.25. The molecule has 0 aliphatic carbocycles. The van der Waals surface area contributed by atoms with E-state index in [9.17, 15) is 18.0 Å². The van der Waals surface area contributed by atoms with E-state index >= 15 is 0 Å². The van der Waals surface area contributed by atoms with Crippen molar-refractivity contribution in [3.8, 4) is 0 Å². The number of carbonyl (C=O) groups excluding carboxylic acids is 2. The maximum absolute atomic E-state index is 12.8. The number of rotatable bonds is 6. The van der Waals surface area contributed by atoms with Crippen molar-refractivity contribution in [1.82, 2.24) is 14.9 Å². The van der Waals surface area contributed by atoms with Crippen LogP contribution in [0.25, 0.3) is 0 Å². The van der Waals surface area contributed by atoms with Crippen LogP contribution in [0.1, 0.15) is 23.2 Å². The fraction of sp³-hybridized carbons (Fsp3) is 0.500. The van der Waals surface area contributed by atoms with Crippen LogP contribution in [0.3, 0.4) is 0 Å². The third-order valence-electron chi connectivity index (χ3n) is 4.18. The van der Waals surface area contributed by atoms with Crippen molar-refractivity contribution in [3.63, 3.8) is 0 Å². The molecule has 1 aliphatic heterocycles. The number of nitrogens with two attached hydrogens (primary N) is 1. The van der Waals surface area contributed by atoms with Gasteiger partial charge in [-0.2, -0.15) is 4.31 Å². The van der Waals surface area contributed by atoms with Gasteiger partial charge in [0.25, 0.3) is 5.91 Å². The molecule has 1 aromatic carbocycles. The molecule has 0 spiro atoms. The third kappa shape index (κ3) is 5.16. The van der Waals surface area contributed by atoms with Crippen molar-refractivity contribution < 1.29 is 18.0 Å². The minimum Gasteiger partial charge on any atom is -0.355 e. The number of sulfonamides is 1. The van der Waals surface area contributed by atoms with E-state index in [4.69, 9.17) is 5.73 Å². The molecule has 10 heteroatoms. The van der Waals surface area contributed by atoms with Crippen LogP contribution in [-0.2, 0) is 14.8 Å². The number of benzene rings is 1. The van der Waals surface area contributed by atoms with Gasteiger partial charge in [0, 0.05) is 38.8 Å². The zero-order valence-electron chi connectivity index (χ0n) is 14.6. The minimum atomic E-state index is -3.70. The van der Waals surface area contributed by atoms with Crippen LogP contribution < -0.4 is 16.4 Å².